The van der Waals surface area contributed by atoms with Gasteiger partial charge in [0.05, 0.1) is 32.6 Å². The molecule has 2 heterocycles. The first-order chi connectivity index (χ1) is 13.8. The molecule has 0 saturated carbocycles. The summed E-state index contributed by atoms with van der Waals surface area (Å²) >= 11 is 0. The molecule has 7 heteroatoms. The lowest BCUT2D eigenvalue weighted by Gasteiger charge is -2.26. The van der Waals surface area contributed by atoms with Gasteiger partial charge in [-0.15, -0.1) is 0 Å². The van der Waals surface area contributed by atoms with Crippen LogP contribution in [-0.2, 0) is 17.8 Å². The maximum Gasteiger partial charge on any atom is 0.191 e. The minimum Gasteiger partial charge on any atom is -0.492 e. The standard InChI is InChI=1S/C21H30N4O3/c1-2-22-21(24-17-20-7-4-11-27-20)23-16-18-5-3-6-19(15-18)28-14-10-25-8-12-26-13-9-25/h3-7,11,15H,2,8-10,12-14,16-17H2,1H3,(H2,22,23,24). The molecule has 0 aliphatic carbocycles. The number of morpholine rings is 1. The van der Waals surface area contributed by atoms with Crippen molar-refractivity contribution in [2.24, 2.45) is 4.99 Å². The number of nitrogens with zero attached hydrogens (tertiary/aromatic N) is 2. The monoisotopic (exact) mass is 386 g/mol. The Hall–Kier alpha value is -2.51. The van der Waals surface area contributed by atoms with E-state index in [1.165, 1.54) is 0 Å². The Morgan fingerprint density at radius 2 is 2.07 bits per heavy atom. The van der Waals surface area contributed by atoms with Crippen molar-refractivity contribution >= 4 is 5.96 Å². The number of ether oxygens (including phenoxy) is 2. The van der Waals surface area contributed by atoms with Crippen molar-refractivity contribution in [3.8, 4) is 5.75 Å². The molecular formula is C21H30N4O3. The molecule has 0 spiro atoms. The Labute approximate surface area is 166 Å². The number of hydrogen-bond donors (Lipinski definition) is 2. The summed E-state index contributed by atoms with van der Waals surface area (Å²) in [5.74, 6) is 2.52. The van der Waals surface area contributed by atoms with Gasteiger partial charge in [-0.2, -0.15) is 0 Å². The van der Waals surface area contributed by atoms with Crippen molar-refractivity contribution in [2.75, 3.05) is 46.0 Å². The lowest BCUT2D eigenvalue weighted by Crippen LogP contribution is -2.38. The van der Waals surface area contributed by atoms with Crippen LogP contribution >= 0.6 is 0 Å². The highest BCUT2D eigenvalue weighted by Crippen LogP contribution is 2.14. The smallest absolute Gasteiger partial charge is 0.191 e. The van der Waals surface area contributed by atoms with Gasteiger partial charge in [0.15, 0.2) is 5.96 Å². The second-order valence-corrected chi connectivity index (χ2v) is 6.58. The van der Waals surface area contributed by atoms with E-state index in [2.05, 4.69) is 32.7 Å². The lowest BCUT2D eigenvalue weighted by atomic mass is 10.2. The molecule has 1 aliphatic rings. The third-order valence-corrected chi connectivity index (χ3v) is 4.45. The summed E-state index contributed by atoms with van der Waals surface area (Å²) in [4.78, 5) is 7.02. The van der Waals surface area contributed by atoms with E-state index in [-0.39, 0.29) is 0 Å². The number of furan rings is 1. The normalized spacial score (nSPS) is 15.4. The SMILES string of the molecule is CCNC(=NCc1cccc(OCCN2CCOCC2)c1)NCc1ccco1. The molecule has 0 amide bonds. The fourth-order valence-electron chi connectivity index (χ4n) is 2.95. The van der Waals surface area contributed by atoms with E-state index in [1.807, 2.05) is 31.2 Å². The van der Waals surface area contributed by atoms with Gasteiger partial charge in [0, 0.05) is 26.2 Å². The zero-order valence-electron chi connectivity index (χ0n) is 16.5. The number of nitrogens with one attached hydrogen (secondary N) is 2. The molecule has 7 nitrogen and oxygen atoms in total. The average Bonchev–Trinajstić information content (AvgIpc) is 3.25. The number of aliphatic imine (C=N–C) groups is 1. The second-order valence-electron chi connectivity index (χ2n) is 6.58. The number of hydrogen-bond acceptors (Lipinski definition) is 5. The molecule has 1 fully saturated rings. The van der Waals surface area contributed by atoms with E-state index in [4.69, 9.17) is 13.9 Å². The van der Waals surface area contributed by atoms with Gasteiger partial charge in [0.1, 0.15) is 18.1 Å². The Morgan fingerprint density at radius 1 is 1.18 bits per heavy atom. The number of guanidine groups is 1. The molecular weight excluding hydrogens is 356 g/mol. The molecule has 0 unspecified atom stereocenters. The summed E-state index contributed by atoms with van der Waals surface area (Å²) in [5.41, 5.74) is 1.11. The predicted octanol–water partition coefficient (Wildman–Crippen LogP) is 2.25. The Morgan fingerprint density at radius 3 is 2.86 bits per heavy atom. The Bertz CT molecular complexity index is 712. The lowest BCUT2D eigenvalue weighted by molar-refractivity contribution is 0.0322. The highest BCUT2D eigenvalue weighted by atomic mass is 16.5. The molecule has 2 N–H and O–H groups in total. The highest BCUT2D eigenvalue weighted by molar-refractivity contribution is 5.79. The van der Waals surface area contributed by atoms with Crippen molar-refractivity contribution in [1.82, 2.24) is 15.5 Å². The van der Waals surface area contributed by atoms with Gasteiger partial charge in [-0.05, 0) is 36.8 Å². The second kappa shape index (κ2) is 11.4. The van der Waals surface area contributed by atoms with Crippen LogP contribution in [0.15, 0.2) is 52.1 Å². The van der Waals surface area contributed by atoms with Crippen LogP contribution in [0.2, 0.25) is 0 Å². The zero-order chi connectivity index (χ0) is 19.4. The van der Waals surface area contributed by atoms with Crippen LogP contribution in [0.5, 0.6) is 5.75 Å². The summed E-state index contributed by atoms with van der Waals surface area (Å²) < 4.78 is 16.6. The Kier molecular flexibility index (Phi) is 8.21. The van der Waals surface area contributed by atoms with E-state index >= 15 is 0 Å². The predicted molar refractivity (Wildman–Crippen MR) is 110 cm³/mol. The summed E-state index contributed by atoms with van der Waals surface area (Å²) in [6, 6.07) is 11.9. The van der Waals surface area contributed by atoms with Crippen LogP contribution in [0.25, 0.3) is 0 Å². The zero-order valence-corrected chi connectivity index (χ0v) is 16.5. The van der Waals surface area contributed by atoms with Crippen LogP contribution in [0.4, 0.5) is 0 Å². The fraction of sp³-hybridized carbons (Fsp3) is 0.476. The van der Waals surface area contributed by atoms with Gasteiger partial charge in [-0.1, -0.05) is 12.1 Å². The number of benzene rings is 1. The van der Waals surface area contributed by atoms with Gasteiger partial charge < -0.3 is 24.5 Å². The molecule has 0 bridgehead atoms. The molecule has 1 aromatic heterocycles. The van der Waals surface area contributed by atoms with Gasteiger partial charge >= 0.3 is 0 Å². The first kappa shape index (κ1) is 20.2. The van der Waals surface area contributed by atoms with Crippen LogP contribution in [0, 0.1) is 0 Å². The highest BCUT2D eigenvalue weighted by Gasteiger charge is 2.09. The van der Waals surface area contributed by atoms with E-state index in [9.17, 15) is 0 Å². The number of rotatable bonds is 9. The summed E-state index contributed by atoms with van der Waals surface area (Å²) in [5, 5.41) is 6.53. The topological polar surface area (TPSA) is 71.3 Å². The van der Waals surface area contributed by atoms with Gasteiger partial charge in [-0.25, -0.2) is 4.99 Å². The minimum absolute atomic E-state index is 0.578. The minimum atomic E-state index is 0.578. The van der Waals surface area contributed by atoms with E-state index in [0.29, 0.717) is 19.7 Å². The fourth-order valence-corrected chi connectivity index (χ4v) is 2.95. The van der Waals surface area contributed by atoms with Crippen molar-refractivity contribution < 1.29 is 13.9 Å². The quantitative estimate of drug-likeness (QED) is 0.509. The van der Waals surface area contributed by atoms with Crippen molar-refractivity contribution in [3.05, 3.63) is 54.0 Å². The molecule has 1 saturated heterocycles. The molecule has 152 valence electrons. The maximum atomic E-state index is 5.93. The molecule has 1 aliphatic heterocycles. The van der Waals surface area contributed by atoms with Crippen LogP contribution in [-0.4, -0.2) is 56.9 Å². The van der Waals surface area contributed by atoms with Gasteiger partial charge in [0.2, 0.25) is 0 Å². The van der Waals surface area contributed by atoms with E-state index in [0.717, 1.165) is 62.4 Å². The van der Waals surface area contributed by atoms with Gasteiger partial charge in [0.25, 0.3) is 0 Å². The third-order valence-electron chi connectivity index (χ3n) is 4.45. The van der Waals surface area contributed by atoms with Crippen molar-refractivity contribution in [3.63, 3.8) is 0 Å². The molecule has 2 aromatic rings. The molecule has 3 rings (SSSR count). The van der Waals surface area contributed by atoms with E-state index in [1.54, 1.807) is 6.26 Å². The van der Waals surface area contributed by atoms with Crippen molar-refractivity contribution in [1.29, 1.82) is 0 Å². The van der Waals surface area contributed by atoms with Crippen LogP contribution in [0.1, 0.15) is 18.2 Å². The van der Waals surface area contributed by atoms with Gasteiger partial charge in [-0.3, -0.25) is 4.90 Å². The van der Waals surface area contributed by atoms with Crippen LogP contribution in [0.3, 0.4) is 0 Å². The molecule has 28 heavy (non-hydrogen) atoms. The Balaban J connectivity index is 1.47. The summed E-state index contributed by atoms with van der Waals surface area (Å²) in [7, 11) is 0. The first-order valence-corrected chi connectivity index (χ1v) is 9.90. The first-order valence-electron chi connectivity index (χ1n) is 9.90. The summed E-state index contributed by atoms with van der Waals surface area (Å²) in [6.45, 7) is 9.23. The largest absolute Gasteiger partial charge is 0.492 e. The molecule has 0 atom stereocenters. The van der Waals surface area contributed by atoms with E-state index < -0.39 is 0 Å². The molecule has 1 aromatic carbocycles. The van der Waals surface area contributed by atoms with Crippen LogP contribution < -0.4 is 15.4 Å². The molecule has 0 radical (unpaired) electrons. The summed E-state index contributed by atoms with van der Waals surface area (Å²) in [6.07, 6.45) is 1.67. The maximum absolute atomic E-state index is 5.93. The third kappa shape index (κ3) is 6.90. The average molecular weight is 386 g/mol. The van der Waals surface area contributed by atoms with Crippen molar-refractivity contribution in [2.45, 2.75) is 20.0 Å².